The number of furan rings is 2. The van der Waals surface area contributed by atoms with Crippen LogP contribution >= 0.6 is 11.3 Å². The van der Waals surface area contributed by atoms with Gasteiger partial charge < -0.3 is 13.7 Å². The van der Waals surface area contributed by atoms with Gasteiger partial charge in [0, 0.05) is 5.39 Å². The molecule has 0 aliphatic rings. The van der Waals surface area contributed by atoms with Gasteiger partial charge in [-0.2, -0.15) is 5.10 Å². The summed E-state index contributed by atoms with van der Waals surface area (Å²) in [5, 5.41) is 5.55. The number of nitrogens with zero attached hydrogens (tertiary/aromatic N) is 3. The predicted molar refractivity (Wildman–Crippen MR) is 119 cm³/mol. The number of hydrogen-bond acceptors (Lipinski definition) is 5. The Balaban J connectivity index is 1.45. The molecule has 0 fully saturated rings. The summed E-state index contributed by atoms with van der Waals surface area (Å²) >= 11 is 1.40. The van der Waals surface area contributed by atoms with E-state index in [-0.39, 0.29) is 11.7 Å². The van der Waals surface area contributed by atoms with Crippen molar-refractivity contribution >= 4 is 27.5 Å². The molecule has 162 valence electrons. The fraction of sp³-hybridized carbons (Fsp3) is 0.167. The zero-order valence-corrected chi connectivity index (χ0v) is 18.1. The van der Waals surface area contributed by atoms with Crippen molar-refractivity contribution in [2.45, 2.75) is 26.6 Å². The van der Waals surface area contributed by atoms with E-state index in [1.165, 1.54) is 23.5 Å². The number of thiophene rings is 1. The maximum absolute atomic E-state index is 13.5. The molecule has 32 heavy (non-hydrogen) atoms. The molecule has 8 heteroatoms. The van der Waals surface area contributed by atoms with E-state index < -0.39 is 0 Å². The van der Waals surface area contributed by atoms with E-state index in [1.807, 2.05) is 29.8 Å². The average Bonchev–Trinajstić information content (AvgIpc) is 3.57. The molecule has 5 aromatic rings. The van der Waals surface area contributed by atoms with Crippen molar-refractivity contribution in [3.8, 4) is 0 Å². The monoisotopic (exact) mass is 449 g/mol. The summed E-state index contributed by atoms with van der Waals surface area (Å²) in [6, 6.07) is 15.5. The van der Waals surface area contributed by atoms with Crippen LogP contribution in [-0.4, -0.2) is 20.6 Å². The largest absolute Gasteiger partial charge is 0.467 e. The van der Waals surface area contributed by atoms with Gasteiger partial charge in [-0.05, 0) is 55.0 Å². The Bertz CT molecular complexity index is 1300. The molecular weight excluding hydrogens is 429 g/mol. The lowest BCUT2D eigenvalue weighted by Gasteiger charge is -2.19. The molecule has 1 amide bonds. The number of carbonyl (C=O) groups is 1. The second-order valence-electron chi connectivity index (χ2n) is 7.52. The molecule has 4 aromatic heterocycles. The van der Waals surface area contributed by atoms with Gasteiger partial charge in [0.2, 0.25) is 0 Å². The molecule has 0 saturated heterocycles. The molecule has 0 N–H and O–H groups in total. The van der Waals surface area contributed by atoms with E-state index in [9.17, 15) is 9.18 Å². The van der Waals surface area contributed by atoms with Crippen LogP contribution in [0.1, 0.15) is 32.4 Å². The maximum Gasteiger partial charge on any atom is 0.264 e. The van der Waals surface area contributed by atoms with Crippen molar-refractivity contribution in [3.05, 3.63) is 101 Å². The normalized spacial score (nSPS) is 11.3. The maximum atomic E-state index is 13.5. The van der Waals surface area contributed by atoms with E-state index in [4.69, 9.17) is 8.83 Å². The quantitative estimate of drug-likeness (QED) is 0.323. The van der Waals surface area contributed by atoms with Crippen molar-refractivity contribution in [3.63, 3.8) is 0 Å². The third-order valence-corrected chi connectivity index (χ3v) is 6.34. The summed E-state index contributed by atoms with van der Waals surface area (Å²) in [5.74, 6) is 1.02. The second-order valence-corrected chi connectivity index (χ2v) is 8.55. The van der Waals surface area contributed by atoms with Gasteiger partial charge in [0.15, 0.2) is 0 Å². The summed E-state index contributed by atoms with van der Waals surface area (Å²) in [6.45, 7) is 3.10. The van der Waals surface area contributed by atoms with Gasteiger partial charge in [-0.15, -0.1) is 11.3 Å². The molecular formula is C24H20FN3O3S. The zero-order chi connectivity index (χ0) is 22.1. The first-order valence-corrected chi connectivity index (χ1v) is 10.9. The lowest BCUT2D eigenvalue weighted by Crippen LogP contribution is -2.29. The van der Waals surface area contributed by atoms with Crippen molar-refractivity contribution < 1.29 is 18.0 Å². The van der Waals surface area contributed by atoms with Crippen molar-refractivity contribution in [1.29, 1.82) is 0 Å². The summed E-state index contributed by atoms with van der Waals surface area (Å²) in [7, 11) is 0. The van der Waals surface area contributed by atoms with E-state index in [1.54, 1.807) is 41.7 Å². The number of halogens is 1. The summed E-state index contributed by atoms with van der Waals surface area (Å²) < 4.78 is 26.0. The minimum Gasteiger partial charge on any atom is -0.467 e. The number of carbonyl (C=O) groups excluding carboxylic acids is 1. The number of aromatic nitrogens is 2. The van der Waals surface area contributed by atoms with Crippen LogP contribution in [-0.2, 0) is 19.6 Å². The van der Waals surface area contributed by atoms with Crippen LogP contribution in [0.15, 0.2) is 76.0 Å². The highest BCUT2D eigenvalue weighted by molar-refractivity contribution is 7.20. The number of benzene rings is 1. The van der Waals surface area contributed by atoms with E-state index >= 15 is 0 Å². The van der Waals surface area contributed by atoms with Crippen LogP contribution in [0.3, 0.4) is 0 Å². The Morgan fingerprint density at radius 1 is 1.06 bits per heavy atom. The molecule has 0 aliphatic carbocycles. The van der Waals surface area contributed by atoms with Crippen LogP contribution in [0.25, 0.3) is 10.2 Å². The fourth-order valence-corrected chi connectivity index (χ4v) is 4.75. The van der Waals surface area contributed by atoms with Crippen molar-refractivity contribution in [2.75, 3.05) is 0 Å². The Hall–Kier alpha value is -3.65. The second kappa shape index (κ2) is 8.47. The molecule has 0 atom stereocenters. The lowest BCUT2D eigenvalue weighted by molar-refractivity contribution is 0.0710. The van der Waals surface area contributed by atoms with Crippen LogP contribution in [0.4, 0.5) is 4.39 Å². The summed E-state index contributed by atoms with van der Waals surface area (Å²) in [4.78, 5) is 16.7. The van der Waals surface area contributed by atoms with Crippen LogP contribution in [0.5, 0.6) is 0 Å². The third kappa shape index (κ3) is 4.09. The number of amides is 1. The molecule has 4 heterocycles. The molecule has 0 radical (unpaired) electrons. The van der Waals surface area contributed by atoms with Crippen LogP contribution in [0, 0.1) is 12.7 Å². The molecule has 5 rings (SSSR count). The van der Waals surface area contributed by atoms with Crippen molar-refractivity contribution in [1.82, 2.24) is 14.7 Å². The SMILES string of the molecule is Cc1nn(Cc2ccc(F)cc2)c2sc(C(=O)N(Cc3ccco3)Cc3ccco3)cc12. The molecule has 6 nitrogen and oxygen atoms in total. The molecule has 0 unspecified atom stereocenters. The smallest absolute Gasteiger partial charge is 0.264 e. The highest BCUT2D eigenvalue weighted by Gasteiger charge is 2.23. The predicted octanol–water partition coefficient (Wildman–Crippen LogP) is 5.62. The van der Waals surface area contributed by atoms with Gasteiger partial charge >= 0.3 is 0 Å². The van der Waals surface area contributed by atoms with Crippen molar-refractivity contribution in [2.24, 2.45) is 0 Å². The minimum atomic E-state index is -0.271. The number of aryl methyl sites for hydroxylation is 1. The zero-order valence-electron chi connectivity index (χ0n) is 17.3. The number of fused-ring (bicyclic) bond motifs is 1. The summed E-state index contributed by atoms with van der Waals surface area (Å²) in [5.41, 5.74) is 1.79. The summed E-state index contributed by atoms with van der Waals surface area (Å²) in [6.07, 6.45) is 3.19. The molecule has 0 bridgehead atoms. The lowest BCUT2D eigenvalue weighted by atomic mass is 10.2. The Kier molecular flexibility index (Phi) is 5.36. The highest BCUT2D eigenvalue weighted by Crippen LogP contribution is 2.30. The standard InChI is InChI=1S/C24H20FN3O3S/c1-16-21-12-22(32-24(21)28(26-16)13-17-6-8-18(25)9-7-17)23(29)27(14-19-4-2-10-30-19)15-20-5-3-11-31-20/h2-12H,13-15H2,1H3. The average molecular weight is 450 g/mol. The Morgan fingerprint density at radius 3 is 2.31 bits per heavy atom. The number of hydrogen-bond donors (Lipinski definition) is 0. The molecule has 1 aromatic carbocycles. The van der Waals surface area contributed by atoms with Crippen LogP contribution < -0.4 is 0 Å². The Labute approximate surface area is 187 Å². The highest BCUT2D eigenvalue weighted by atomic mass is 32.1. The van der Waals surface area contributed by atoms with Gasteiger partial charge in [0.05, 0.1) is 42.7 Å². The van der Waals surface area contributed by atoms with Gasteiger partial charge in [-0.25, -0.2) is 4.39 Å². The van der Waals surface area contributed by atoms with Crippen LogP contribution in [0.2, 0.25) is 0 Å². The number of rotatable bonds is 7. The molecule has 0 aliphatic heterocycles. The van der Waals surface area contributed by atoms with E-state index in [0.717, 1.165) is 21.5 Å². The Morgan fingerprint density at radius 2 is 1.72 bits per heavy atom. The van der Waals surface area contributed by atoms with E-state index in [0.29, 0.717) is 36.0 Å². The third-order valence-electron chi connectivity index (χ3n) is 5.20. The first-order valence-electron chi connectivity index (χ1n) is 10.1. The van der Waals surface area contributed by atoms with Gasteiger partial charge in [-0.3, -0.25) is 9.48 Å². The minimum absolute atomic E-state index is 0.105. The van der Waals surface area contributed by atoms with Gasteiger partial charge in [0.1, 0.15) is 22.2 Å². The topological polar surface area (TPSA) is 64.4 Å². The fourth-order valence-electron chi connectivity index (χ4n) is 3.62. The first kappa shape index (κ1) is 20.3. The first-order chi connectivity index (χ1) is 15.6. The molecule has 0 spiro atoms. The molecule has 0 saturated carbocycles. The van der Waals surface area contributed by atoms with Gasteiger partial charge in [0.25, 0.3) is 5.91 Å². The van der Waals surface area contributed by atoms with Gasteiger partial charge in [-0.1, -0.05) is 12.1 Å². The van der Waals surface area contributed by atoms with E-state index in [2.05, 4.69) is 5.10 Å².